The third-order valence-corrected chi connectivity index (χ3v) is 10.4. The van der Waals surface area contributed by atoms with Crippen molar-refractivity contribution in [3.63, 3.8) is 0 Å². The van der Waals surface area contributed by atoms with E-state index in [2.05, 4.69) is 141 Å². The molecule has 238 valence electrons. The summed E-state index contributed by atoms with van der Waals surface area (Å²) in [7, 11) is 0. The average Bonchev–Trinajstić information content (AvgIpc) is 3.83. The number of fused-ring (bicyclic) bond motifs is 9. The fourth-order valence-electron chi connectivity index (χ4n) is 8.21. The molecule has 0 N–H and O–H groups in total. The average molecular weight is 652 g/mol. The van der Waals surface area contributed by atoms with Crippen molar-refractivity contribution in [2.24, 2.45) is 0 Å². The van der Waals surface area contributed by atoms with Gasteiger partial charge in [0.25, 0.3) is 0 Å². The van der Waals surface area contributed by atoms with Gasteiger partial charge in [0, 0.05) is 54.7 Å². The second-order valence-corrected chi connectivity index (χ2v) is 13.3. The summed E-state index contributed by atoms with van der Waals surface area (Å²) in [5, 5.41) is 7.56. The summed E-state index contributed by atoms with van der Waals surface area (Å²) >= 11 is 0. The van der Waals surface area contributed by atoms with Crippen LogP contribution in [0.2, 0.25) is 0 Å². The van der Waals surface area contributed by atoms with E-state index in [0.29, 0.717) is 17.5 Å². The van der Waals surface area contributed by atoms with Crippen molar-refractivity contribution < 1.29 is 0 Å². The number of para-hydroxylation sites is 4. The van der Waals surface area contributed by atoms with Crippen LogP contribution in [0.15, 0.2) is 158 Å². The standard InChI is InChI=1S/C46H29N5/c1-28-47-45(29-12-3-2-4-13-29)49-46(48-28)30-22-24-32(25-23-30)50-40-19-8-5-14-34(40)37-18-11-17-33(43(37)50)31-26-38-35-15-6-9-20-41(35)51-42-21-10-7-16-36(42)39(27-31)44(38)51/h2-27H,1H3. The number of aryl methyl sites for hydroxylation is 1. The molecule has 51 heavy (non-hydrogen) atoms. The highest BCUT2D eigenvalue weighted by atomic mass is 15.0. The van der Waals surface area contributed by atoms with E-state index < -0.39 is 0 Å². The molecular formula is C46H29N5. The maximum atomic E-state index is 4.87. The Morgan fingerprint density at radius 2 is 0.922 bits per heavy atom. The Balaban J connectivity index is 1.14. The summed E-state index contributed by atoms with van der Waals surface area (Å²) in [6.07, 6.45) is 0. The molecule has 0 aliphatic heterocycles. The van der Waals surface area contributed by atoms with Crippen LogP contribution in [0.3, 0.4) is 0 Å². The molecule has 11 aromatic rings. The van der Waals surface area contributed by atoms with Crippen LogP contribution in [-0.4, -0.2) is 23.9 Å². The molecule has 0 amide bonds. The molecule has 11 rings (SSSR count). The Labute approximate surface area is 293 Å². The summed E-state index contributed by atoms with van der Waals surface area (Å²) in [6.45, 7) is 1.92. The lowest BCUT2D eigenvalue weighted by atomic mass is 9.97. The minimum absolute atomic E-state index is 0.668. The molecule has 0 aliphatic carbocycles. The number of nitrogens with zero attached hydrogens (tertiary/aromatic N) is 5. The van der Waals surface area contributed by atoms with Gasteiger partial charge < -0.3 is 8.97 Å². The molecule has 5 nitrogen and oxygen atoms in total. The van der Waals surface area contributed by atoms with Gasteiger partial charge in [0.1, 0.15) is 5.82 Å². The normalized spacial score (nSPS) is 12.0. The molecule has 0 unspecified atom stereocenters. The SMILES string of the molecule is Cc1nc(-c2ccccc2)nc(-c2ccc(-n3c4ccccc4c4cccc(-c5cc6c7ccccc7n7c8ccccc8c(c5)c67)c43)cc2)n1. The van der Waals surface area contributed by atoms with Crippen molar-refractivity contribution in [1.82, 2.24) is 23.9 Å². The Morgan fingerprint density at radius 3 is 1.57 bits per heavy atom. The van der Waals surface area contributed by atoms with E-state index in [1.54, 1.807) is 0 Å². The quantitative estimate of drug-likeness (QED) is 0.190. The van der Waals surface area contributed by atoms with E-state index in [9.17, 15) is 0 Å². The number of hydrogen-bond acceptors (Lipinski definition) is 3. The monoisotopic (exact) mass is 651 g/mol. The molecule has 0 spiro atoms. The zero-order valence-electron chi connectivity index (χ0n) is 27.7. The van der Waals surface area contributed by atoms with E-state index in [1.165, 1.54) is 71.0 Å². The molecule has 0 bridgehead atoms. The summed E-state index contributed by atoms with van der Waals surface area (Å²) in [4.78, 5) is 14.2. The molecule has 4 heterocycles. The van der Waals surface area contributed by atoms with Gasteiger partial charge in [0.15, 0.2) is 11.6 Å². The van der Waals surface area contributed by atoms with Gasteiger partial charge in [-0.15, -0.1) is 0 Å². The maximum Gasteiger partial charge on any atom is 0.163 e. The molecular weight excluding hydrogens is 623 g/mol. The van der Waals surface area contributed by atoms with E-state index >= 15 is 0 Å². The molecule has 5 heteroatoms. The van der Waals surface area contributed by atoms with Crippen LogP contribution in [0.1, 0.15) is 5.82 Å². The van der Waals surface area contributed by atoms with E-state index in [1.807, 2.05) is 37.3 Å². The summed E-state index contributed by atoms with van der Waals surface area (Å²) < 4.78 is 4.85. The van der Waals surface area contributed by atoms with Gasteiger partial charge in [-0.25, -0.2) is 15.0 Å². The highest BCUT2D eigenvalue weighted by Gasteiger charge is 2.21. The Hall–Kier alpha value is -6.85. The lowest BCUT2D eigenvalue weighted by Gasteiger charge is -2.13. The molecule has 0 fully saturated rings. The minimum Gasteiger partial charge on any atom is -0.309 e. The van der Waals surface area contributed by atoms with Gasteiger partial charge in [-0.05, 0) is 67.1 Å². The van der Waals surface area contributed by atoms with Crippen LogP contribution >= 0.6 is 0 Å². The summed E-state index contributed by atoms with van der Waals surface area (Å²) in [5.41, 5.74) is 11.5. The minimum atomic E-state index is 0.668. The van der Waals surface area contributed by atoms with Crippen molar-refractivity contribution in [1.29, 1.82) is 0 Å². The van der Waals surface area contributed by atoms with Crippen LogP contribution in [0.4, 0.5) is 0 Å². The second-order valence-electron chi connectivity index (χ2n) is 13.3. The van der Waals surface area contributed by atoms with Crippen molar-refractivity contribution in [3.05, 3.63) is 164 Å². The van der Waals surface area contributed by atoms with Gasteiger partial charge in [-0.3, -0.25) is 0 Å². The van der Waals surface area contributed by atoms with Crippen molar-refractivity contribution in [2.75, 3.05) is 0 Å². The van der Waals surface area contributed by atoms with Crippen molar-refractivity contribution in [2.45, 2.75) is 6.92 Å². The zero-order valence-corrected chi connectivity index (χ0v) is 27.7. The van der Waals surface area contributed by atoms with Gasteiger partial charge in [0.05, 0.1) is 27.6 Å². The lowest BCUT2D eigenvalue weighted by Crippen LogP contribution is -2.00. The van der Waals surface area contributed by atoms with Crippen molar-refractivity contribution >= 4 is 59.9 Å². The summed E-state index contributed by atoms with van der Waals surface area (Å²) in [6, 6.07) is 56.5. The van der Waals surface area contributed by atoms with E-state index in [4.69, 9.17) is 9.97 Å². The van der Waals surface area contributed by atoms with Crippen LogP contribution in [0, 0.1) is 6.92 Å². The van der Waals surface area contributed by atoms with E-state index in [0.717, 1.165) is 16.8 Å². The molecule has 7 aromatic carbocycles. The first-order valence-electron chi connectivity index (χ1n) is 17.3. The predicted octanol–water partition coefficient (Wildman–Crippen LogP) is 11.4. The molecule has 0 saturated heterocycles. The van der Waals surface area contributed by atoms with Crippen LogP contribution in [-0.2, 0) is 0 Å². The second kappa shape index (κ2) is 10.6. The zero-order chi connectivity index (χ0) is 33.6. The van der Waals surface area contributed by atoms with Gasteiger partial charge in [-0.2, -0.15) is 0 Å². The third-order valence-electron chi connectivity index (χ3n) is 10.4. The smallest absolute Gasteiger partial charge is 0.163 e. The highest BCUT2D eigenvalue weighted by molar-refractivity contribution is 6.25. The predicted molar refractivity (Wildman–Crippen MR) is 210 cm³/mol. The van der Waals surface area contributed by atoms with Crippen molar-refractivity contribution in [3.8, 4) is 39.6 Å². The molecule has 0 atom stereocenters. The first kappa shape index (κ1) is 28.0. The first-order chi connectivity index (χ1) is 25.2. The lowest BCUT2D eigenvalue weighted by molar-refractivity contribution is 0.991. The van der Waals surface area contributed by atoms with Gasteiger partial charge in [0.2, 0.25) is 0 Å². The largest absolute Gasteiger partial charge is 0.309 e. The van der Waals surface area contributed by atoms with Gasteiger partial charge >= 0.3 is 0 Å². The number of rotatable bonds is 4. The van der Waals surface area contributed by atoms with E-state index in [-0.39, 0.29) is 0 Å². The van der Waals surface area contributed by atoms with Crippen LogP contribution in [0.5, 0.6) is 0 Å². The highest BCUT2D eigenvalue weighted by Crippen LogP contribution is 2.44. The molecule has 0 aliphatic rings. The molecule has 0 radical (unpaired) electrons. The van der Waals surface area contributed by atoms with Gasteiger partial charge in [-0.1, -0.05) is 103 Å². The topological polar surface area (TPSA) is 48.0 Å². The molecule has 4 aromatic heterocycles. The number of aromatic nitrogens is 5. The third kappa shape index (κ3) is 4.06. The fourth-order valence-corrected chi connectivity index (χ4v) is 8.21. The molecule has 0 saturated carbocycles. The Kier molecular flexibility index (Phi) is 5.81. The van der Waals surface area contributed by atoms with Crippen LogP contribution in [0.25, 0.3) is 99.5 Å². The summed E-state index contributed by atoms with van der Waals surface area (Å²) in [5.74, 6) is 2.04. The Morgan fingerprint density at radius 1 is 0.392 bits per heavy atom. The fraction of sp³-hybridized carbons (Fsp3) is 0.0217. The van der Waals surface area contributed by atoms with Crippen LogP contribution < -0.4 is 0 Å². The number of benzene rings is 7. The Bertz CT molecular complexity index is 3050. The maximum absolute atomic E-state index is 4.87. The first-order valence-corrected chi connectivity index (χ1v) is 17.3. The number of hydrogen-bond donors (Lipinski definition) is 0.